The van der Waals surface area contributed by atoms with E-state index in [-0.39, 0.29) is 31.4 Å². The summed E-state index contributed by atoms with van der Waals surface area (Å²) in [5.74, 6) is -0.322. The predicted molar refractivity (Wildman–Crippen MR) is 129 cm³/mol. The minimum Gasteiger partial charge on any atom is -0.394 e. The quantitative estimate of drug-likeness (QED) is 0.125. The topological polar surface area (TPSA) is 277 Å². The maximum atomic E-state index is 12.5. The number of carbonyl (C=O) groups excluding carboxylic acids is 1. The highest BCUT2D eigenvalue weighted by atomic mass is 16.7. The number of nitrogens with two attached hydrogens (primary N) is 5. The molecule has 2 aliphatic heterocycles. The van der Waals surface area contributed by atoms with Crippen molar-refractivity contribution in [2.45, 2.75) is 112 Å². The van der Waals surface area contributed by atoms with Gasteiger partial charge in [-0.3, -0.25) is 4.79 Å². The van der Waals surface area contributed by atoms with E-state index in [2.05, 4.69) is 5.32 Å². The number of aliphatic hydroxyl groups is 4. The van der Waals surface area contributed by atoms with Crippen LogP contribution < -0.4 is 34.0 Å². The molecular formula is C22H44N6O9. The lowest BCUT2D eigenvalue weighted by Crippen LogP contribution is -2.68. The van der Waals surface area contributed by atoms with E-state index in [1.54, 1.807) is 0 Å². The lowest BCUT2D eigenvalue weighted by atomic mass is 9.83. The molecule has 1 saturated carbocycles. The Balaban J connectivity index is 1.80. The first kappa shape index (κ1) is 30.5. The molecule has 15 nitrogen and oxygen atoms in total. The van der Waals surface area contributed by atoms with E-state index in [1.165, 1.54) is 0 Å². The molecule has 0 bridgehead atoms. The van der Waals surface area contributed by atoms with Crippen molar-refractivity contribution in [2.24, 2.45) is 28.7 Å². The summed E-state index contributed by atoms with van der Waals surface area (Å²) in [6, 6.07) is -3.19. The van der Waals surface area contributed by atoms with E-state index in [0.29, 0.717) is 25.8 Å². The van der Waals surface area contributed by atoms with Crippen LogP contribution in [0.1, 0.15) is 32.1 Å². The van der Waals surface area contributed by atoms with E-state index in [4.69, 9.17) is 47.6 Å². The second-order valence-corrected chi connectivity index (χ2v) is 10.0. The van der Waals surface area contributed by atoms with Crippen molar-refractivity contribution in [1.29, 1.82) is 0 Å². The van der Waals surface area contributed by atoms with E-state index in [9.17, 15) is 25.2 Å². The zero-order chi connectivity index (χ0) is 27.3. The van der Waals surface area contributed by atoms with Gasteiger partial charge in [0.2, 0.25) is 5.91 Å². The van der Waals surface area contributed by atoms with Gasteiger partial charge >= 0.3 is 0 Å². The molecule has 1 amide bonds. The van der Waals surface area contributed by atoms with Gasteiger partial charge < -0.3 is 73.4 Å². The third kappa shape index (κ3) is 7.33. The highest BCUT2D eigenvalue weighted by Crippen LogP contribution is 2.31. The number of hydrogen-bond acceptors (Lipinski definition) is 14. The van der Waals surface area contributed by atoms with Crippen LogP contribution in [0.2, 0.25) is 0 Å². The van der Waals surface area contributed by atoms with Crippen LogP contribution in [-0.2, 0) is 23.7 Å². The molecule has 0 unspecified atom stereocenters. The van der Waals surface area contributed by atoms with Crippen molar-refractivity contribution < 1.29 is 44.2 Å². The van der Waals surface area contributed by atoms with Crippen molar-refractivity contribution >= 4 is 5.91 Å². The van der Waals surface area contributed by atoms with Crippen molar-refractivity contribution in [2.75, 3.05) is 19.7 Å². The number of ether oxygens (including phenoxy) is 4. The number of rotatable bonds is 10. The lowest BCUT2D eigenvalue weighted by molar-refractivity contribution is -0.313. The molecule has 15 heteroatoms. The second-order valence-electron chi connectivity index (χ2n) is 10.0. The molecule has 0 aromatic rings. The fourth-order valence-electron chi connectivity index (χ4n) is 5.00. The summed E-state index contributed by atoms with van der Waals surface area (Å²) < 4.78 is 23.4. The Hall–Kier alpha value is -1.05. The highest BCUT2D eigenvalue weighted by Gasteiger charge is 2.51. The average molecular weight is 537 g/mol. The van der Waals surface area contributed by atoms with Gasteiger partial charge in [0, 0.05) is 19.0 Å². The van der Waals surface area contributed by atoms with Gasteiger partial charge in [-0.2, -0.15) is 0 Å². The maximum absolute atomic E-state index is 12.5. The summed E-state index contributed by atoms with van der Waals surface area (Å²) in [5.41, 5.74) is 29.7. The third-order valence-corrected chi connectivity index (χ3v) is 7.25. The first-order valence-electron chi connectivity index (χ1n) is 12.8. The van der Waals surface area contributed by atoms with Gasteiger partial charge in [-0.1, -0.05) is 0 Å². The normalized spacial score (nSPS) is 44.9. The van der Waals surface area contributed by atoms with E-state index in [1.807, 2.05) is 0 Å². The molecule has 3 rings (SSSR count). The molecule has 15 N–H and O–H groups in total. The van der Waals surface area contributed by atoms with Gasteiger partial charge in [-0.15, -0.1) is 0 Å². The standard InChI is InChI=1S/C22H44N6O9/c23-5-1-2-14(30)28-12-6-11(26)19(36-21-10(25)4-3-9(7-24)34-21)18(33)20(12)37-22-17(32)15(27)16(31)13(8-29)35-22/h9-13,15-22,29,31-33H,1-8,23-27H2,(H,28,30)/t9-,10+,11-,12+,13+,15-,16+,17+,18-,19+,20-,21+,22+/m0/s1. The molecule has 2 saturated heterocycles. The monoisotopic (exact) mass is 536 g/mol. The van der Waals surface area contributed by atoms with Crippen LogP contribution in [-0.4, -0.2) is 126 Å². The highest BCUT2D eigenvalue weighted by molar-refractivity contribution is 5.76. The summed E-state index contributed by atoms with van der Waals surface area (Å²) in [6.45, 7) is 0.0274. The molecular weight excluding hydrogens is 492 g/mol. The van der Waals surface area contributed by atoms with Crippen LogP contribution in [0, 0.1) is 0 Å². The summed E-state index contributed by atoms with van der Waals surface area (Å²) in [4.78, 5) is 12.5. The van der Waals surface area contributed by atoms with Crippen LogP contribution >= 0.6 is 0 Å². The van der Waals surface area contributed by atoms with Gasteiger partial charge in [-0.25, -0.2) is 0 Å². The largest absolute Gasteiger partial charge is 0.394 e. The molecule has 37 heavy (non-hydrogen) atoms. The number of amides is 1. The molecule has 0 aromatic carbocycles. The molecule has 2 heterocycles. The van der Waals surface area contributed by atoms with Crippen molar-refractivity contribution in [1.82, 2.24) is 5.32 Å². The Bertz CT molecular complexity index is 724. The SMILES string of the molecule is NCCCC(=O)N[C@@H]1C[C@H](N)[C@@H](O[C@H]2O[C@H](CN)CC[C@H]2N)[C@H](O)[C@H]1O[C@H]1O[C@H](CO)[C@@H](O)[C@H](N)[C@H]1O. The molecule has 3 aliphatic rings. The lowest BCUT2D eigenvalue weighted by Gasteiger charge is -2.48. The molecule has 1 aliphatic carbocycles. The summed E-state index contributed by atoms with van der Waals surface area (Å²) in [7, 11) is 0. The Kier molecular flexibility index (Phi) is 11.4. The van der Waals surface area contributed by atoms with Crippen molar-refractivity contribution in [3.8, 4) is 0 Å². The fourth-order valence-corrected chi connectivity index (χ4v) is 5.00. The van der Waals surface area contributed by atoms with E-state index >= 15 is 0 Å². The second kappa shape index (κ2) is 13.8. The molecule has 0 radical (unpaired) electrons. The van der Waals surface area contributed by atoms with Crippen LogP contribution in [0.3, 0.4) is 0 Å². The summed E-state index contributed by atoms with van der Waals surface area (Å²) >= 11 is 0. The number of carbonyl (C=O) groups is 1. The minimum atomic E-state index is -1.49. The Morgan fingerprint density at radius 2 is 1.62 bits per heavy atom. The van der Waals surface area contributed by atoms with Crippen LogP contribution in [0.15, 0.2) is 0 Å². The average Bonchev–Trinajstić information content (AvgIpc) is 2.88. The van der Waals surface area contributed by atoms with Crippen molar-refractivity contribution in [3.63, 3.8) is 0 Å². The van der Waals surface area contributed by atoms with E-state index in [0.717, 1.165) is 0 Å². The number of hydrogen-bond donors (Lipinski definition) is 10. The van der Waals surface area contributed by atoms with Gasteiger partial charge in [0.25, 0.3) is 0 Å². The molecule has 216 valence electrons. The van der Waals surface area contributed by atoms with E-state index < -0.39 is 80.0 Å². The summed E-state index contributed by atoms with van der Waals surface area (Å²) in [6.07, 6.45) is -8.07. The molecule has 0 spiro atoms. The van der Waals surface area contributed by atoms with Gasteiger partial charge in [-0.05, 0) is 32.2 Å². The Morgan fingerprint density at radius 3 is 2.27 bits per heavy atom. The zero-order valence-electron chi connectivity index (χ0n) is 20.9. The first-order chi connectivity index (χ1) is 17.6. The minimum absolute atomic E-state index is 0.143. The number of aliphatic hydroxyl groups excluding tert-OH is 4. The smallest absolute Gasteiger partial charge is 0.220 e. The number of nitrogens with one attached hydrogen (secondary N) is 1. The Labute approximate surface area is 215 Å². The Morgan fingerprint density at radius 1 is 0.919 bits per heavy atom. The van der Waals surface area contributed by atoms with Crippen LogP contribution in [0.4, 0.5) is 0 Å². The molecule has 0 aromatic heterocycles. The van der Waals surface area contributed by atoms with Gasteiger partial charge in [0.15, 0.2) is 12.6 Å². The predicted octanol–water partition coefficient (Wildman–Crippen LogP) is -5.37. The van der Waals surface area contributed by atoms with Crippen LogP contribution in [0.5, 0.6) is 0 Å². The van der Waals surface area contributed by atoms with Crippen LogP contribution in [0.25, 0.3) is 0 Å². The molecule has 13 atom stereocenters. The first-order valence-corrected chi connectivity index (χ1v) is 12.8. The third-order valence-electron chi connectivity index (χ3n) is 7.25. The van der Waals surface area contributed by atoms with Gasteiger partial charge in [0.05, 0.1) is 30.8 Å². The van der Waals surface area contributed by atoms with Gasteiger partial charge in [0.1, 0.15) is 36.6 Å². The van der Waals surface area contributed by atoms with Crippen molar-refractivity contribution in [3.05, 3.63) is 0 Å². The summed E-state index contributed by atoms with van der Waals surface area (Å²) in [5, 5.41) is 44.5. The molecule has 3 fully saturated rings. The maximum Gasteiger partial charge on any atom is 0.220 e. The fraction of sp³-hybridized carbons (Fsp3) is 0.955. The zero-order valence-corrected chi connectivity index (χ0v) is 20.9.